The van der Waals surface area contributed by atoms with E-state index in [1.165, 1.54) is 83.0 Å². The molecule has 2 nitrogen and oxygen atoms in total. The minimum Gasteiger partial charge on any atom is -0.310 e. The summed E-state index contributed by atoms with van der Waals surface area (Å²) in [5.41, 5.74) is 21.4. The molecule has 0 radical (unpaired) electrons. The molecule has 0 aliphatic heterocycles. The quantitative estimate of drug-likeness (QED) is 0.141. The van der Waals surface area contributed by atoms with Gasteiger partial charge in [-0.3, -0.25) is 0 Å². The summed E-state index contributed by atoms with van der Waals surface area (Å²) in [6.07, 6.45) is 6.78. The highest BCUT2D eigenvalue weighted by atomic mass is 15.1. The highest BCUT2D eigenvalue weighted by Crippen LogP contribution is 2.46. The van der Waals surface area contributed by atoms with Gasteiger partial charge in [0.2, 0.25) is 0 Å². The molecule has 2 heteroatoms. The van der Waals surface area contributed by atoms with E-state index in [1.54, 1.807) is 0 Å². The molecular weight excluding hydrogens is 797 g/mol. The van der Waals surface area contributed by atoms with Gasteiger partial charge in [0.25, 0.3) is 0 Å². The van der Waals surface area contributed by atoms with E-state index in [1.807, 2.05) is 0 Å². The van der Waals surface area contributed by atoms with E-state index in [-0.39, 0.29) is 0 Å². The van der Waals surface area contributed by atoms with E-state index in [9.17, 15) is 0 Å². The third kappa shape index (κ3) is 7.19. The summed E-state index contributed by atoms with van der Waals surface area (Å²) in [5, 5.41) is 2.44. The van der Waals surface area contributed by atoms with Crippen LogP contribution in [0, 0.1) is 0 Å². The summed E-state index contributed by atoms with van der Waals surface area (Å²) in [4.78, 5) is 2.43. The second kappa shape index (κ2) is 16.9. The Morgan fingerprint density at radius 1 is 0.364 bits per heavy atom. The number of rotatable bonds is 9. The van der Waals surface area contributed by atoms with Crippen LogP contribution in [0.15, 0.2) is 249 Å². The number of hydrogen-bond acceptors (Lipinski definition) is 1. The topological polar surface area (TPSA) is 8.17 Å². The number of benzene rings is 10. The van der Waals surface area contributed by atoms with Gasteiger partial charge in [0.1, 0.15) is 0 Å². The van der Waals surface area contributed by atoms with Gasteiger partial charge in [0.05, 0.1) is 16.7 Å². The van der Waals surface area contributed by atoms with E-state index in [0.717, 1.165) is 41.2 Å². The molecule has 0 amide bonds. The Morgan fingerprint density at radius 3 is 1.71 bits per heavy atom. The van der Waals surface area contributed by atoms with Crippen LogP contribution in [0.5, 0.6) is 0 Å². The lowest BCUT2D eigenvalue weighted by atomic mass is 9.93. The molecule has 11 aromatic rings. The highest BCUT2D eigenvalue weighted by Gasteiger charge is 2.22. The summed E-state index contributed by atoms with van der Waals surface area (Å²) < 4.78 is 2.46. The summed E-state index contributed by atoms with van der Waals surface area (Å²) >= 11 is 0. The maximum Gasteiger partial charge on any atom is 0.0553 e. The average Bonchev–Trinajstić information content (AvgIpc) is 3.73. The van der Waals surface area contributed by atoms with Crippen LogP contribution < -0.4 is 4.90 Å². The number of allylic oxidation sites excluding steroid dienone is 1. The zero-order valence-electron chi connectivity index (χ0n) is 36.6. The van der Waals surface area contributed by atoms with Crippen LogP contribution in [-0.4, -0.2) is 4.57 Å². The van der Waals surface area contributed by atoms with Gasteiger partial charge in [-0.1, -0.05) is 188 Å². The lowest BCUT2D eigenvalue weighted by Gasteiger charge is -2.28. The molecule has 0 spiro atoms. The highest BCUT2D eigenvalue weighted by molar-refractivity contribution is 6.17. The van der Waals surface area contributed by atoms with Gasteiger partial charge in [-0.15, -0.1) is 0 Å². The van der Waals surface area contributed by atoms with Crippen molar-refractivity contribution in [2.45, 2.75) is 12.8 Å². The Kier molecular flexibility index (Phi) is 10.0. The van der Waals surface area contributed by atoms with Crippen molar-refractivity contribution in [3.8, 4) is 61.3 Å². The molecule has 1 aromatic heterocycles. The molecular formula is C64H46N2. The number of anilines is 3. The van der Waals surface area contributed by atoms with Crippen molar-refractivity contribution in [1.82, 2.24) is 4.57 Å². The molecule has 12 rings (SSSR count). The Balaban J connectivity index is 1.08. The van der Waals surface area contributed by atoms with Crippen LogP contribution in [0.25, 0.3) is 89.2 Å². The first-order valence-corrected chi connectivity index (χ1v) is 23.0. The van der Waals surface area contributed by atoms with Crippen LogP contribution in [0.4, 0.5) is 17.1 Å². The van der Waals surface area contributed by atoms with Crippen molar-refractivity contribution < 1.29 is 0 Å². The molecule has 0 fully saturated rings. The van der Waals surface area contributed by atoms with E-state index in [0.29, 0.717) is 0 Å². The van der Waals surface area contributed by atoms with Crippen molar-refractivity contribution in [2.75, 3.05) is 4.90 Å². The van der Waals surface area contributed by atoms with E-state index >= 15 is 0 Å². The van der Waals surface area contributed by atoms with Gasteiger partial charge in [-0.25, -0.2) is 0 Å². The monoisotopic (exact) mass is 842 g/mol. The lowest BCUT2D eigenvalue weighted by Crippen LogP contribution is -2.11. The summed E-state index contributed by atoms with van der Waals surface area (Å²) in [7, 11) is 0. The Bertz CT molecular complexity index is 3550. The second-order valence-electron chi connectivity index (χ2n) is 17.2. The molecule has 0 saturated heterocycles. The van der Waals surface area contributed by atoms with Crippen LogP contribution in [0.1, 0.15) is 17.5 Å². The Labute approximate surface area is 386 Å². The lowest BCUT2D eigenvalue weighted by molar-refractivity contribution is 0.986. The fourth-order valence-electron chi connectivity index (χ4n) is 10.0. The maximum absolute atomic E-state index is 2.46. The molecule has 0 N–H and O–H groups in total. The van der Waals surface area contributed by atoms with Crippen molar-refractivity contribution in [3.63, 3.8) is 0 Å². The van der Waals surface area contributed by atoms with Crippen molar-refractivity contribution in [2.24, 2.45) is 0 Å². The minimum atomic E-state index is 1.08. The Morgan fingerprint density at radius 2 is 0.955 bits per heavy atom. The molecule has 1 heterocycles. The number of aromatic nitrogens is 1. The second-order valence-corrected chi connectivity index (χ2v) is 17.2. The van der Waals surface area contributed by atoms with E-state index in [2.05, 4.69) is 264 Å². The first-order valence-electron chi connectivity index (χ1n) is 23.0. The first kappa shape index (κ1) is 39.2. The zero-order chi connectivity index (χ0) is 43.8. The van der Waals surface area contributed by atoms with Gasteiger partial charge < -0.3 is 9.47 Å². The fraction of sp³-hybridized carbons (Fsp3) is 0.0312. The third-order valence-electron chi connectivity index (χ3n) is 13.2. The average molecular weight is 843 g/mol. The van der Waals surface area contributed by atoms with E-state index in [4.69, 9.17) is 0 Å². The number of hydrogen-bond donors (Lipinski definition) is 0. The largest absolute Gasteiger partial charge is 0.310 e. The molecule has 0 unspecified atom stereocenters. The van der Waals surface area contributed by atoms with Crippen LogP contribution >= 0.6 is 0 Å². The SMILES string of the molecule is C1=Cc2cc(-c3ccc(N(c4cccc(-c5cc(-c6ccccc6)cc6c5c5ccc(-c7ccccc7)cc5n6-c5ccccc5)c4)c4ccccc4-c4ccccc4)cc3)ccc2CC1. The molecule has 1 aliphatic carbocycles. The minimum absolute atomic E-state index is 1.08. The van der Waals surface area contributed by atoms with Crippen molar-refractivity contribution in [3.05, 3.63) is 260 Å². The summed E-state index contributed by atoms with van der Waals surface area (Å²) in [5.74, 6) is 0. The fourth-order valence-corrected chi connectivity index (χ4v) is 10.0. The zero-order valence-corrected chi connectivity index (χ0v) is 36.6. The van der Waals surface area contributed by atoms with Gasteiger partial charge in [-0.05, 0) is 141 Å². The predicted molar refractivity (Wildman–Crippen MR) is 280 cm³/mol. The standard InChI is InChI=1S/C64H46N2/c1-5-18-45(19-6-1)52-36-39-59-62(43-52)66(55-27-11-4-12-28-55)63-44-54(46-20-7-2-8-21-46)42-60(64(59)63)53-26-17-29-57(41-53)65(61-31-16-15-30-58(61)49-23-9-3-10-24-49)56-37-34-48(35-38-56)51-33-32-47-22-13-14-25-50(47)40-51/h1-12,14-21,23-44H,13,22H2. The van der Waals surface area contributed by atoms with Gasteiger partial charge >= 0.3 is 0 Å². The maximum atomic E-state index is 2.46. The molecule has 0 atom stereocenters. The molecule has 66 heavy (non-hydrogen) atoms. The van der Waals surface area contributed by atoms with Crippen LogP contribution in [-0.2, 0) is 6.42 Å². The van der Waals surface area contributed by atoms with Gasteiger partial charge in [0.15, 0.2) is 0 Å². The smallest absolute Gasteiger partial charge is 0.0553 e. The molecule has 0 saturated carbocycles. The first-order chi connectivity index (χ1) is 32.7. The number of nitrogens with zero attached hydrogens (tertiary/aromatic N) is 2. The van der Waals surface area contributed by atoms with Crippen molar-refractivity contribution in [1.29, 1.82) is 0 Å². The van der Waals surface area contributed by atoms with E-state index < -0.39 is 0 Å². The Hall–Kier alpha value is -8.46. The van der Waals surface area contributed by atoms with Crippen LogP contribution in [0.2, 0.25) is 0 Å². The number of fused-ring (bicyclic) bond motifs is 4. The third-order valence-corrected chi connectivity index (χ3v) is 13.2. The van der Waals surface area contributed by atoms with Crippen molar-refractivity contribution >= 4 is 44.9 Å². The molecule has 1 aliphatic rings. The normalized spacial score (nSPS) is 12.1. The molecule has 0 bridgehead atoms. The van der Waals surface area contributed by atoms with Gasteiger partial charge in [-0.2, -0.15) is 0 Å². The molecule has 312 valence electrons. The summed E-state index contributed by atoms with van der Waals surface area (Å²) in [6.45, 7) is 0. The molecule has 10 aromatic carbocycles. The number of aryl methyl sites for hydroxylation is 1. The van der Waals surface area contributed by atoms with Crippen LogP contribution in [0.3, 0.4) is 0 Å². The summed E-state index contributed by atoms with van der Waals surface area (Å²) in [6, 6.07) is 88.8. The van der Waals surface area contributed by atoms with Gasteiger partial charge in [0, 0.05) is 33.4 Å². The predicted octanol–water partition coefficient (Wildman–Crippen LogP) is 17.5. The number of para-hydroxylation sites is 2.